The van der Waals surface area contributed by atoms with Gasteiger partial charge in [0.05, 0.1) is 51.2 Å². The fourth-order valence-corrected chi connectivity index (χ4v) is 9.68. The van der Waals surface area contributed by atoms with Gasteiger partial charge in [-0.25, -0.2) is 4.98 Å². The van der Waals surface area contributed by atoms with E-state index in [9.17, 15) is 47.0 Å². The van der Waals surface area contributed by atoms with Crippen LogP contribution in [0.4, 0.5) is 24.5 Å². The maximum atomic E-state index is 14.2. The Morgan fingerprint density at radius 3 is 2.21 bits per heavy atom. The van der Waals surface area contributed by atoms with E-state index in [4.69, 9.17) is 0 Å². The van der Waals surface area contributed by atoms with Crippen molar-refractivity contribution in [2.75, 3.05) is 43.4 Å². The second kappa shape index (κ2) is 21.2. The Bertz CT molecular complexity index is 2850. The molecule has 0 spiro atoms. The monoisotopic (exact) mass is 997 g/mol. The van der Waals surface area contributed by atoms with Gasteiger partial charge in [-0.1, -0.05) is 63.2 Å². The van der Waals surface area contributed by atoms with Gasteiger partial charge < -0.3 is 41.2 Å². The van der Waals surface area contributed by atoms with Crippen LogP contribution in [-0.4, -0.2) is 118 Å². The normalized spacial score (nSPS) is 19.0. The molecule has 3 aromatic carbocycles. The number of aliphatic hydroxyl groups is 1. The molecule has 2 fully saturated rings. The summed E-state index contributed by atoms with van der Waals surface area (Å²) in [6.07, 6.45) is -5.21. The molecule has 2 aromatic heterocycles. The molecule has 0 aliphatic carbocycles. The van der Waals surface area contributed by atoms with Crippen LogP contribution in [-0.2, 0) is 27.1 Å². The van der Waals surface area contributed by atoms with Crippen molar-refractivity contribution < 1.29 is 42.3 Å². The summed E-state index contributed by atoms with van der Waals surface area (Å²) in [5, 5.41) is 21.5. The Kier molecular flexibility index (Phi) is 15.5. The number of carbonyl (C=O) groups excluding carboxylic acids is 5. The summed E-state index contributed by atoms with van der Waals surface area (Å²) < 4.78 is 42.1. The molecule has 7 rings (SSSR count). The number of nitrogens with one attached hydrogen (secondary N) is 5. The van der Waals surface area contributed by atoms with Gasteiger partial charge >= 0.3 is 6.18 Å². The van der Waals surface area contributed by atoms with Gasteiger partial charge in [-0.15, -0.1) is 11.3 Å². The van der Waals surface area contributed by atoms with Crippen LogP contribution in [0.2, 0.25) is 0 Å². The number of likely N-dealkylation sites (tertiary alicyclic amines) is 1. The molecular formula is C51H58F3N9O7S. The van der Waals surface area contributed by atoms with E-state index in [1.807, 2.05) is 57.0 Å². The van der Waals surface area contributed by atoms with Crippen LogP contribution in [0.15, 0.2) is 89.3 Å². The molecule has 0 radical (unpaired) electrons. The number of nitrogens with zero attached hydrogens (tertiary/aromatic N) is 4. The first-order valence-electron chi connectivity index (χ1n) is 23.1. The number of thiazole rings is 1. The highest BCUT2D eigenvalue weighted by Gasteiger charge is 2.44. The summed E-state index contributed by atoms with van der Waals surface area (Å²) in [5.74, 6) is -3.42. The Balaban J connectivity index is 1.02. The zero-order valence-corrected chi connectivity index (χ0v) is 41.3. The predicted molar refractivity (Wildman–Crippen MR) is 265 cm³/mol. The van der Waals surface area contributed by atoms with Crippen LogP contribution < -0.4 is 31.7 Å². The number of benzene rings is 3. The summed E-state index contributed by atoms with van der Waals surface area (Å²) in [5.41, 5.74) is 2.45. The molecule has 5 unspecified atom stereocenters. The van der Waals surface area contributed by atoms with E-state index in [1.165, 1.54) is 22.3 Å². The zero-order chi connectivity index (χ0) is 51.5. The Morgan fingerprint density at radius 1 is 0.887 bits per heavy atom. The van der Waals surface area contributed by atoms with Gasteiger partial charge in [-0.05, 0) is 79.8 Å². The SMILES string of the molecule is Cc1ncsc1-c1ccc(CNC(=O)C2CC(O)CN2C(=O)C(NC(=O)CNC(=O)c2cccc(-c3ccc(N4CC(C)N(C)C(C)C4)c(NC(=O)c4c[nH]c(=O)cc4C(F)(F)F)c3)c2)C(C)(C)C)cc1. The van der Waals surface area contributed by atoms with E-state index in [0.29, 0.717) is 36.0 Å². The number of pyridine rings is 1. The Labute approximate surface area is 413 Å². The number of H-pyrrole nitrogens is 1. The number of anilines is 2. The smallest absolute Gasteiger partial charge is 0.391 e. The highest BCUT2D eigenvalue weighted by atomic mass is 32.1. The first-order valence-corrected chi connectivity index (χ1v) is 24.0. The number of aryl methyl sites for hydroxylation is 1. The maximum absolute atomic E-state index is 14.2. The molecule has 16 nitrogen and oxygen atoms in total. The van der Waals surface area contributed by atoms with Crippen molar-refractivity contribution in [2.24, 2.45) is 5.41 Å². The van der Waals surface area contributed by atoms with E-state index in [1.54, 1.807) is 62.7 Å². The number of hydrogen-bond donors (Lipinski definition) is 6. The molecule has 2 aliphatic rings. The molecule has 2 aliphatic heterocycles. The summed E-state index contributed by atoms with van der Waals surface area (Å²) in [7, 11) is 2.00. The largest absolute Gasteiger partial charge is 0.417 e. The van der Waals surface area contributed by atoms with E-state index >= 15 is 0 Å². The third-order valence-corrected chi connectivity index (χ3v) is 14.0. The fraction of sp³-hybridized carbons (Fsp3) is 0.392. The van der Waals surface area contributed by atoms with Crippen LogP contribution >= 0.6 is 11.3 Å². The molecular weight excluding hydrogens is 940 g/mol. The van der Waals surface area contributed by atoms with Gasteiger partial charge in [-0.3, -0.25) is 33.7 Å². The average molecular weight is 998 g/mol. The molecule has 2 saturated heterocycles. The molecule has 0 bridgehead atoms. The third kappa shape index (κ3) is 12.2. The highest BCUT2D eigenvalue weighted by Crippen LogP contribution is 2.36. The quantitative estimate of drug-likeness (QED) is 0.0834. The number of amides is 5. The number of hydrogen-bond acceptors (Lipinski definition) is 11. The average Bonchev–Trinajstić information content (AvgIpc) is 3.94. The summed E-state index contributed by atoms with van der Waals surface area (Å²) >= 11 is 1.54. The van der Waals surface area contributed by atoms with Crippen molar-refractivity contribution >= 4 is 52.2 Å². The summed E-state index contributed by atoms with van der Waals surface area (Å²) in [6, 6.07) is 17.6. The molecule has 4 heterocycles. The van der Waals surface area contributed by atoms with Gasteiger partial charge in [0.1, 0.15) is 12.1 Å². The molecule has 6 N–H and O–H groups in total. The number of aromatic amines is 1. The van der Waals surface area contributed by atoms with Crippen LogP contribution in [0.1, 0.15) is 78.6 Å². The van der Waals surface area contributed by atoms with E-state index in [2.05, 4.69) is 36.1 Å². The predicted octanol–water partition coefficient (Wildman–Crippen LogP) is 5.81. The van der Waals surface area contributed by atoms with Crippen LogP contribution in [0.5, 0.6) is 0 Å². The number of aromatic nitrogens is 2. The minimum Gasteiger partial charge on any atom is -0.391 e. The number of aliphatic hydroxyl groups excluding tert-OH is 1. The van der Waals surface area contributed by atoms with Crippen molar-refractivity contribution in [3.63, 3.8) is 0 Å². The lowest BCUT2D eigenvalue weighted by molar-refractivity contribution is -0.143. The molecule has 5 atom stereocenters. The van der Waals surface area contributed by atoms with Crippen LogP contribution in [0.3, 0.4) is 0 Å². The molecule has 20 heteroatoms. The lowest BCUT2D eigenvalue weighted by atomic mass is 9.85. The molecule has 0 saturated carbocycles. The van der Waals surface area contributed by atoms with Crippen molar-refractivity contribution in [3.05, 3.63) is 123 Å². The topological polar surface area (TPSA) is 209 Å². The molecule has 5 amide bonds. The van der Waals surface area contributed by atoms with Crippen LogP contribution in [0, 0.1) is 12.3 Å². The minimum atomic E-state index is -4.99. The lowest BCUT2D eigenvalue weighted by Gasteiger charge is -2.44. The number of rotatable bonds is 13. The van der Waals surface area contributed by atoms with E-state index in [-0.39, 0.29) is 42.8 Å². The van der Waals surface area contributed by atoms with Gasteiger partial charge in [0.2, 0.25) is 23.3 Å². The van der Waals surface area contributed by atoms with Gasteiger partial charge in [0.15, 0.2) is 0 Å². The Morgan fingerprint density at radius 2 is 1.56 bits per heavy atom. The van der Waals surface area contributed by atoms with Crippen LogP contribution in [0.25, 0.3) is 21.6 Å². The zero-order valence-electron chi connectivity index (χ0n) is 40.4. The van der Waals surface area contributed by atoms with Gasteiger partial charge in [-0.2, -0.15) is 13.2 Å². The molecule has 5 aromatic rings. The first-order chi connectivity index (χ1) is 33.5. The van der Waals surface area contributed by atoms with Crippen molar-refractivity contribution in [1.29, 1.82) is 0 Å². The molecule has 71 heavy (non-hydrogen) atoms. The first kappa shape index (κ1) is 51.9. The number of β-amino-alcohol motifs (C(OH)–C–C–N with tert-alkyl or cyclic N) is 1. The number of carbonyl (C=O) groups is 5. The third-order valence-electron chi connectivity index (χ3n) is 13.0. The lowest BCUT2D eigenvalue weighted by Crippen LogP contribution is -2.58. The number of likely N-dealkylation sites (N-methyl/N-ethyl adjacent to an activating group) is 1. The minimum absolute atomic E-state index is 0.00949. The number of halogens is 3. The molecule has 376 valence electrons. The Hall–Kier alpha value is -6.90. The second-order valence-corrected chi connectivity index (χ2v) is 20.1. The van der Waals surface area contributed by atoms with E-state index < -0.39 is 82.5 Å². The standard InChI is InChI=1S/C51H58F3N9O7S/c1-28-24-62(25-29(2)61(28)7)40-16-15-34(18-39(40)59-47(68)37-22-55-42(65)20-38(37)51(52,53)54)33-9-8-10-35(17-33)46(67)57-23-43(66)60-45(50(4,5)6)49(70)63-26-36(64)19-41(63)48(69)56-21-31-11-13-32(14-12-31)44-30(3)58-27-71-44/h8-18,20,22,27-29,36,41,45,64H,19,21,23-26H2,1-7H3,(H,55,65)(H,56,69)(H,57,67)(H,59,68)(H,60,66). The van der Waals surface area contributed by atoms with E-state index in [0.717, 1.165) is 27.9 Å². The van der Waals surface area contributed by atoms with Crippen molar-refractivity contribution in [2.45, 2.75) is 91.0 Å². The fourth-order valence-electron chi connectivity index (χ4n) is 8.87. The number of alkyl halides is 3. The number of piperazine rings is 1. The summed E-state index contributed by atoms with van der Waals surface area (Å²) in [6.45, 7) is 11.9. The second-order valence-electron chi connectivity index (χ2n) is 19.3. The maximum Gasteiger partial charge on any atom is 0.417 e. The summed E-state index contributed by atoms with van der Waals surface area (Å²) in [4.78, 5) is 93.3. The van der Waals surface area contributed by atoms with Gasteiger partial charge in [0, 0.05) is 62.5 Å². The van der Waals surface area contributed by atoms with Crippen molar-refractivity contribution in [3.8, 4) is 21.6 Å². The highest BCUT2D eigenvalue weighted by molar-refractivity contribution is 7.13. The van der Waals surface area contributed by atoms with Crippen molar-refractivity contribution in [1.82, 2.24) is 35.7 Å². The van der Waals surface area contributed by atoms with Gasteiger partial charge in [0.25, 0.3) is 11.8 Å².